The molecular weight excluding hydrogens is 376 g/mol. The SMILES string of the molecule is Cc1ccc(C2=NOC(C(F)(F)F)C2c2cc(Cl)cc(Cl)c2)cc1N. The first kappa shape index (κ1) is 17.9. The Morgan fingerprint density at radius 1 is 1.08 bits per heavy atom. The van der Waals surface area contributed by atoms with Crippen LogP contribution in [-0.2, 0) is 4.84 Å². The molecule has 0 amide bonds. The van der Waals surface area contributed by atoms with Crippen molar-refractivity contribution < 1.29 is 18.0 Å². The average Bonchev–Trinajstić information content (AvgIpc) is 2.94. The van der Waals surface area contributed by atoms with Crippen LogP contribution >= 0.6 is 23.2 Å². The van der Waals surface area contributed by atoms with Gasteiger partial charge in [-0.2, -0.15) is 13.2 Å². The van der Waals surface area contributed by atoms with Crippen LogP contribution in [0.25, 0.3) is 0 Å². The minimum Gasteiger partial charge on any atom is -0.398 e. The molecular formula is C17H13Cl2F3N2O. The molecule has 0 saturated heterocycles. The zero-order valence-electron chi connectivity index (χ0n) is 12.9. The first-order valence-electron chi connectivity index (χ1n) is 7.29. The lowest BCUT2D eigenvalue weighted by atomic mass is 9.85. The molecule has 0 spiro atoms. The highest BCUT2D eigenvalue weighted by atomic mass is 35.5. The molecule has 1 heterocycles. The van der Waals surface area contributed by atoms with Gasteiger partial charge in [0.15, 0.2) is 0 Å². The summed E-state index contributed by atoms with van der Waals surface area (Å²) in [5, 5.41) is 4.17. The molecule has 0 aliphatic carbocycles. The second-order valence-electron chi connectivity index (χ2n) is 5.80. The van der Waals surface area contributed by atoms with Gasteiger partial charge in [0, 0.05) is 21.3 Å². The smallest absolute Gasteiger partial charge is 0.398 e. The maximum absolute atomic E-state index is 13.4. The lowest BCUT2D eigenvalue weighted by molar-refractivity contribution is -0.216. The van der Waals surface area contributed by atoms with E-state index in [-0.39, 0.29) is 21.3 Å². The fourth-order valence-electron chi connectivity index (χ4n) is 2.74. The van der Waals surface area contributed by atoms with Gasteiger partial charge in [0.25, 0.3) is 0 Å². The fourth-order valence-corrected chi connectivity index (χ4v) is 3.29. The lowest BCUT2D eigenvalue weighted by Gasteiger charge is -2.22. The number of aryl methyl sites for hydroxylation is 1. The van der Waals surface area contributed by atoms with E-state index in [9.17, 15) is 13.2 Å². The van der Waals surface area contributed by atoms with Crippen LogP contribution in [0.4, 0.5) is 18.9 Å². The van der Waals surface area contributed by atoms with E-state index < -0.39 is 18.2 Å². The Kier molecular flexibility index (Phi) is 4.60. The van der Waals surface area contributed by atoms with Crippen LogP contribution in [0.1, 0.15) is 22.6 Å². The Hall–Kier alpha value is -1.92. The van der Waals surface area contributed by atoms with Gasteiger partial charge in [0.05, 0.1) is 11.6 Å². The highest BCUT2D eigenvalue weighted by Gasteiger charge is 2.53. The molecule has 3 nitrogen and oxygen atoms in total. The zero-order chi connectivity index (χ0) is 18.4. The molecule has 132 valence electrons. The predicted octanol–water partition coefficient (Wildman–Crippen LogP) is 5.33. The Morgan fingerprint density at radius 3 is 2.28 bits per heavy atom. The topological polar surface area (TPSA) is 47.6 Å². The van der Waals surface area contributed by atoms with Crippen molar-refractivity contribution in [3.05, 3.63) is 63.1 Å². The van der Waals surface area contributed by atoms with E-state index in [1.165, 1.54) is 18.2 Å². The molecule has 2 atom stereocenters. The third kappa shape index (κ3) is 3.55. The summed E-state index contributed by atoms with van der Waals surface area (Å²) < 4.78 is 40.3. The monoisotopic (exact) mass is 388 g/mol. The standard InChI is InChI=1S/C17H13Cl2F3N2O/c1-8-2-3-9(6-13(8)23)15-14(16(25-24-15)17(20,21)22)10-4-11(18)7-12(19)5-10/h2-7,14,16H,23H2,1H3. The van der Waals surface area contributed by atoms with Crippen molar-refractivity contribution in [1.82, 2.24) is 0 Å². The summed E-state index contributed by atoms with van der Waals surface area (Å²) >= 11 is 11.9. The van der Waals surface area contributed by atoms with Gasteiger partial charge in [-0.05, 0) is 42.3 Å². The summed E-state index contributed by atoms with van der Waals surface area (Å²) in [6.07, 6.45) is -6.74. The molecule has 25 heavy (non-hydrogen) atoms. The van der Waals surface area contributed by atoms with Crippen molar-refractivity contribution >= 4 is 34.6 Å². The lowest BCUT2D eigenvalue weighted by Crippen LogP contribution is -2.35. The minimum atomic E-state index is -4.61. The largest absolute Gasteiger partial charge is 0.429 e. The summed E-state index contributed by atoms with van der Waals surface area (Å²) in [5.74, 6) is -1.20. The van der Waals surface area contributed by atoms with E-state index in [0.29, 0.717) is 11.3 Å². The van der Waals surface area contributed by atoms with Crippen molar-refractivity contribution in [3.8, 4) is 0 Å². The number of anilines is 1. The molecule has 1 aliphatic heterocycles. The molecule has 2 N–H and O–H groups in total. The second kappa shape index (κ2) is 6.42. The molecule has 2 aromatic carbocycles. The molecule has 0 radical (unpaired) electrons. The van der Waals surface area contributed by atoms with Crippen LogP contribution in [0.5, 0.6) is 0 Å². The van der Waals surface area contributed by atoms with Gasteiger partial charge in [-0.15, -0.1) is 0 Å². The summed E-state index contributed by atoms with van der Waals surface area (Å²) in [6.45, 7) is 1.80. The van der Waals surface area contributed by atoms with Gasteiger partial charge in [-0.25, -0.2) is 0 Å². The van der Waals surface area contributed by atoms with Crippen LogP contribution < -0.4 is 5.73 Å². The van der Waals surface area contributed by atoms with E-state index in [4.69, 9.17) is 33.8 Å². The number of oxime groups is 1. The third-order valence-corrected chi connectivity index (χ3v) is 4.44. The molecule has 3 rings (SSSR count). The number of rotatable bonds is 2. The number of hydrogen-bond donors (Lipinski definition) is 1. The number of hydrogen-bond acceptors (Lipinski definition) is 3. The summed E-state index contributed by atoms with van der Waals surface area (Å²) in [6, 6.07) is 9.26. The summed E-state index contributed by atoms with van der Waals surface area (Å²) in [4.78, 5) is 4.74. The van der Waals surface area contributed by atoms with Crippen molar-refractivity contribution in [2.75, 3.05) is 5.73 Å². The maximum atomic E-state index is 13.4. The quantitative estimate of drug-likeness (QED) is 0.706. The molecule has 0 fully saturated rings. The summed E-state index contributed by atoms with van der Waals surface area (Å²) in [5.41, 5.74) is 8.02. The maximum Gasteiger partial charge on any atom is 0.429 e. The third-order valence-electron chi connectivity index (χ3n) is 4.00. The van der Waals surface area contributed by atoms with E-state index in [2.05, 4.69) is 5.16 Å². The highest BCUT2D eigenvalue weighted by molar-refractivity contribution is 6.34. The highest BCUT2D eigenvalue weighted by Crippen LogP contribution is 2.42. The number of halogens is 5. The summed E-state index contributed by atoms with van der Waals surface area (Å²) in [7, 11) is 0. The normalized spacial score (nSPS) is 20.3. The van der Waals surface area contributed by atoms with Gasteiger partial charge in [0.2, 0.25) is 6.10 Å². The Balaban J connectivity index is 2.12. The van der Waals surface area contributed by atoms with Crippen molar-refractivity contribution in [2.45, 2.75) is 25.1 Å². The van der Waals surface area contributed by atoms with Gasteiger partial charge in [-0.3, -0.25) is 0 Å². The number of nitrogen functional groups attached to an aromatic ring is 1. The van der Waals surface area contributed by atoms with Crippen LogP contribution in [0, 0.1) is 6.92 Å². The van der Waals surface area contributed by atoms with Crippen LogP contribution in [-0.4, -0.2) is 18.0 Å². The van der Waals surface area contributed by atoms with E-state index in [1.807, 2.05) is 0 Å². The van der Waals surface area contributed by atoms with Gasteiger partial charge in [0.1, 0.15) is 0 Å². The molecule has 8 heteroatoms. The molecule has 1 aliphatic rings. The second-order valence-corrected chi connectivity index (χ2v) is 6.67. The number of alkyl halides is 3. The van der Waals surface area contributed by atoms with E-state index in [0.717, 1.165) is 5.56 Å². The van der Waals surface area contributed by atoms with Crippen LogP contribution in [0.3, 0.4) is 0 Å². The van der Waals surface area contributed by atoms with Gasteiger partial charge >= 0.3 is 6.18 Å². The first-order chi connectivity index (χ1) is 11.7. The Labute approximate surface area is 152 Å². The molecule has 0 saturated carbocycles. The van der Waals surface area contributed by atoms with Gasteiger partial charge < -0.3 is 10.6 Å². The Bertz CT molecular complexity index is 832. The van der Waals surface area contributed by atoms with Crippen molar-refractivity contribution in [2.24, 2.45) is 5.16 Å². The first-order valence-corrected chi connectivity index (χ1v) is 8.05. The Morgan fingerprint density at radius 2 is 1.72 bits per heavy atom. The molecule has 2 aromatic rings. The van der Waals surface area contributed by atoms with Crippen LogP contribution in [0.15, 0.2) is 41.6 Å². The minimum absolute atomic E-state index is 0.132. The number of nitrogens with two attached hydrogens (primary N) is 1. The average molecular weight is 389 g/mol. The zero-order valence-corrected chi connectivity index (χ0v) is 14.5. The van der Waals surface area contributed by atoms with Crippen molar-refractivity contribution in [1.29, 1.82) is 0 Å². The van der Waals surface area contributed by atoms with E-state index >= 15 is 0 Å². The van der Waals surface area contributed by atoms with Crippen molar-refractivity contribution in [3.63, 3.8) is 0 Å². The number of nitrogens with zero attached hydrogens (tertiary/aromatic N) is 1. The number of benzene rings is 2. The van der Waals surface area contributed by atoms with Crippen LogP contribution in [0.2, 0.25) is 10.0 Å². The van der Waals surface area contributed by atoms with Gasteiger partial charge in [-0.1, -0.05) is 40.5 Å². The molecule has 0 aromatic heterocycles. The predicted molar refractivity (Wildman–Crippen MR) is 92.3 cm³/mol. The molecule has 0 bridgehead atoms. The fraction of sp³-hybridized carbons (Fsp3) is 0.235. The van der Waals surface area contributed by atoms with E-state index in [1.54, 1.807) is 25.1 Å². The molecule has 2 unspecified atom stereocenters.